The third-order valence-corrected chi connectivity index (χ3v) is 3.49. The molecule has 5 heteroatoms. The van der Waals surface area contributed by atoms with E-state index in [0.717, 1.165) is 12.7 Å². The van der Waals surface area contributed by atoms with Crippen LogP contribution in [0, 0.1) is 0 Å². The third kappa shape index (κ3) is 4.73. The zero-order valence-corrected chi connectivity index (χ0v) is 12.1. The number of aliphatic imine (C=N–C) groups is 1. The Morgan fingerprint density at radius 1 is 1.47 bits per heavy atom. The van der Waals surface area contributed by atoms with Crippen molar-refractivity contribution in [2.75, 3.05) is 13.3 Å². The molecule has 0 aliphatic carbocycles. The van der Waals surface area contributed by atoms with Crippen LogP contribution in [-0.2, 0) is 9.84 Å². The first-order chi connectivity index (χ1) is 7.66. The van der Waals surface area contributed by atoms with E-state index in [1.54, 1.807) is 11.9 Å². The van der Waals surface area contributed by atoms with Crippen LogP contribution in [0.15, 0.2) is 29.9 Å². The highest BCUT2D eigenvalue weighted by Gasteiger charge is 2.28. The molecule has 0 rings (SSSR count). The third-order valence-electron chi connectivity index (χ3n) is 2.45. The maximum absolute atomic E-state index is 11.6. The van der Waals surface area contributed by atoms with E-state index in [9.17, 15) is 8.42 Å². The molecule has 4 nitrogen and oxygen atoms in total. The van der Waals surface area contributed by atoms with E-state index in [1.165, 1.54) is 6.20 Å². The van der Waals surface area contributed by atoms with Crippen LogP contribution in [0.2, 0.25) is 0 Å². The van der Waals surface area contributed by atoms with Gasteiger partial charge in [-0.15, -0.1) is 0 Å². The number of hydrogen-bond acceptors (Lipinski definition) is 3. The molecule has 0 unspecified atom stereocenters. The summed E-state index contributed by atoms with van der Waals surface area (Å²) < 4.78 is 23.3. The fraction of sp³-hybridized carbons (Fsp3) is 0.583. The molecule has 0 saturated carbocycles. The predicted octanol–water partition coefficient (Wildman–Crippen LogP) is 2.21. The topological polar surface area (TPSA) is 49.7 Å². The Hall–Kier alpha value is -1.10. The summed E-state index contributed by atoms with van der Waals surface area (Å²) in [6.45, 7) is 9.34. The Bertz CT molecular complexity index is 420. The van der Waals surface area contributed by atoms with Crippen LogP contribution in [0.1, 0.15) is 27.2 Å². The Morgan fingerprint density at radius 3 is 2.35 bits per heavy atom. The molecule has 0 spiro atoms. The SMILES string of the molecule is C=CN=C(N(C)C(C)(C)/C=C\CC)S(C)(=O)=O. The van der Waals surface area contributed by atoms with Gasteiger partial charge >= 0.3 is 0 Å². The smallest absolute Gasteiger partial charge is 0.223 e. The zero-order valence-electron chi connectivity index (χ0n) is 11.3. The molecule has 0 aromatic rings. The highest BCUT2D eigenvalue weighted by molar-refractivity contribution is 8.05. The van der Waals surface area contributed by atoms with Crippen LogP contribution in [0.25, 0.3) is 0 Å². The van der Waals surface area contributed by atoms with Gasteiger partial charge in [-0.2, -0.15) is 0 Å². The van der Waals surface area contributed by atoms with Gasteiger partial charge in [-0.1, -0.05) is 25.7 Å². The summed E-state index contributed by atoms with van der Waals surface area (Å²) in [7, 11) is -1.65. The van der Waals surface area contributed by atoms with E-state index < -0.39 is 15.4 Å². The van der Waals surface area contributed by atoms with Gasteiger partial charge in [0.05, 0.1) is 5.54 Å². The maximum atomic E-state index is 11.6. The molecule has 98 valence electrons. The van der Waals surface area contributed by atoms with E-state index in [4.69, 9.17) is 0 Å². The van der Waals surface area contributed by atoms with Gasteiger partial charge in [-0.3, -0.25) is 0 Å². The lowest BCUT2D eigenvalue weighted by Gasteiger charge is -2.34. The average Bonchev–Trinajstić information content (AvgIpc) is 2.20. The van der Waals surface area contributed by atoms with Crippen molar-refractivity contribution < 1.29 is 8.42 Å². The van der Waals surface area contributed by atoms with Crippen LogP contribution in [0.4, 0.5) is 0 Å². The summed E-state index contributed by atoms with van der Waals surface area (Å²) >= 11 is 0. The van der Waals surface area contributed by atoms with Crippen molar-refractivity contribution in [2.24, 2.45) is 4.99 Å². The molecule has 0 aromatic carbocycles. The minimum atomic E-state index is -3.36. The minimum absolute atomic E-state index is 0.0262. The minimum Gasteiger partial charge on any atom is -0.342 e. The Balaban J connectivity index is 5.39. The van der Waals surface area contributed by atoms with Crippen molar-refractivity contribution >= 4 is 15.0 Å². The normalized spacial score (nSPS) is 14.1. The summed E-state index contributed by atoms with van der Waals surface area (Å²) in [5.74, 6) is 0. The molecule has 0 saturated heterocycles. The van der Waals surface area contributed by atoms with Crippen molar-refractivity contribution in [3.63, 3.8) is 0 Å². The molecule has 0 aliphatic heterocycles. The second-order valence-electron chi connectivity index (χ2n) is 4.39. The van der Waals surface area contributed by atoms with Crippen LogP contribution in [0.5, 0.6) is 0 Å². The van der Waals surface area contributed by atoms with Gasteiger partial charge < -0.3 is 4.90 Å². The van der Waals surface area contributed by atoms with Gasteiger partial charge in [0.25, 0.3) is 0 Å². The van der Waals surface area contributed by atoms with E-state index >= 15 is 0 Å². The number of hydrogen-bond donors (Lipinski definition) is 0. The van der Waals surface area contributed by atoms with Crippen molar-refractivity contribution in [1.29, 1.82) is 0 Å². The number of rotatable bonds is 4. The lowest BCUT2D eigenvalue weighted by Crippen LogP contribution is -2.46. The molecule has 0 atom stereocenters. The highest BCUT2D eigenvalue weighted by Crippen LogP contribution is 2.17. The van der Waals surface area contributed by atoms with E-state index in [-0.39, 0.29) is 5.17 Å². The summed E-state index contributed by atoms with van der Waals surface area (Å²) in [6.07, 6.45) is 7.27. The van der Waals surface area contributed by atoms with Gasteiger partial charge in [0, 0.05) is 19.5 Å². The maximum Gasteiger partial charge on any atom is 0.223 e. The van der Waals surface area contributed by atoms with E-state index in [0.29, 0.717) is 0 Å². The molecular formula is C12H22N2O2S. The number of nitrogens with zero attached hydrogens (tertiary/aromatic N) is 2. The molecule has 0 heterocycles. The number of allylic oxidation sites excluding steroid dienone is 1. The Labute approximate surface area is 105 Å². The Kier molecular flexibility index (Phi) is 5.61. The second-order valence-corrected chi connectivity index (χ2v) is 6.30. The van der Waals surface area contributed by atoms with Gasteiger partial charge in [0.1, 0.15) is 0 Å². The number of likely N-dealkylation sites (N-methyl/N-ethyl adjacent to an activating group) is 1. The predicted molar refractivity (Wildman–Crippen MR) is 73.7 cm³/mol. The molecule has 0 aromatic heterocycles. The summed E-state index contributed by atoms with van der Waals surface area (Å²) in [6, 6.07) is 0. The lowest BCUT2D eigenvalue weighted by molar-refractivity contribution is 0.325. The van der Waals surface area contributed by atoms with Crippen LogP contribution in [-0.4, -0.2) is 37.3 Å². The molecule has 0 radical (unpaired) electrons. The van der Waals surface area contributed by atoms with Gasteiger partial charge in [-0.25, -0.2) is 13.4 Å². The van der Waals surface area contributed by atoms with E-state index in [1.807, 2.05) is 32.9 Å². The van der Waals surface area contributed by atoms with Gasteiger partial charge in [-0.05, 0) is 20.3 Å². The fourth-order valence-electron chi connectivity index (χ4n) is 1.27. The highest BCUT2D eigenvalue weighted by atomic mass is 32.2. The van der Waals surface area contributed by atoms with Crippen LogP contribution in [0.3, 0.4) is 0 Å². The first kappa shape index (κ1) is 15.9. The van der Waals surface area contributed by atoms with Crippen molar-refractivity contribution in [3.05, 3.63) is 24.9 Å². The molecule has 0 fully saturated rings. The molecule has 17 heavy (non-hydrogen) atoms. The zero-order chi connectivity index (χ0) is 13.7. The molecule has 0 aliphatic rings. The van der Waals surface area contributed by atoms with Gasteiger partial charge in [0.2, 0.25) is 15.0 Å². The van der Waals surface area contributed by atoms with Crippen LogP contribution < -0.4 is 0 Å². The quantitative estimate of drug-likeness (QED) is 0.441. The fourth-order valence-corrected chi connectivity index (χ4v) is 2.27. The number of amidine groups is 1. The Morgan fingerprint density at radius 2 is 2.00 bits per heavy atom. The first-order valence-electron chi connectivity index (χ1n) is 5.47. The first-order valence-corrected chi connectivity index (χ1v) is 7.36. The van der Waals surface area contributed by atoms with Gasteiger partial charge in [0.15, 0.2) is 0 Å². The van der Waals surface area contributed by atoms with Crippen molar-refractivity contribution in [2.45, 2.75) is 32.7 Å². The summed E-state index contributed by atoms with van der Waals surface area (Å²) in [4.78, 5) is 5.49. The van der Waals surface area contributed by atoms with E-state index in [2.05, 4.69) is 11.6 Å². The lowest BCUT2D eigenvalue weighted by atomic mass is 10.0. The standard InChI is InChI=1S/C12H22N2O2S/c1-7-9-10-12(3,4)14(5)11(13-8-2)17(6,15)16/h8-10H,2,7H2,1,3-6H3/b10-9-,13-11?. The monoisotopic (exact) mass is 258 g/mol. The molecule has 0 amide bonds. The van der Waals surface area contributed by atoms with Crippen LogP contribution >= 0.6 is 0 Å². The second kappa shape index (κ2) is 6.00. The largest absolute Gasteiger partial charge is 0.342 e. The summed E-state index contributed by atoms with van der Waals surface area (Å²) in [5, 5.41) is 0.0262. The molecule has 0 bridgehead atoms. The van der Waals surface area contributed by atoms with Crippen molar-refractivity contribution in [3.8, 4) is 0 Å². The summed E-state index contributed by atoms with van der Waals surface area (Å²) in [5.41, 5.74) is -0.416. The number of sulfone groups is 1. The van der Waals surface area contributed by atoms with Crippen molar-refractivity contribution in [1.82, 2.24) is 4.90 Å². The molecular weight excluding hydrogens is 236 g/mol. The average molecular weight is 258 g/mol. The molecule has 0 N–H and O–H groups in total.